The van der Waals surface area contributed by atoms with Gasteiger partial charge in [-0.3, -0.25) is 0 Å². The molecule has 1 aromatic heterocycles. The van der Waals surface area contributed by atoms with Gasteiger partial charge in [0.05, 0.1) is 5.52 Å². The van der Waals surface area contributed by atoms with E-state index in [0.29, 0.717) is 0 Å². The molecule has 0 aliphatic heterocycles. The normalized spacial score (nSPS) is 15.1. The van der Waals surface area contributed by atoms with Crippen LogP contribution in [0.5, 0.6) is 0 Å². The third kappa shape index (κ3) is 2.33. The van der Waals surface area contributed by atoms with Gasteiger partial charge in [-0.15, -0.1) is 0 Å². The quantitative estimate of drug-likeness (QED) is 0.927. The third-order valence-corrected chi connectivity index (χ3v) is 4.08. The molecule has 4 heteroatoms. The molecular formula is C16H18N2O2. The molecule has 1 aliphatic rings. The largest absolute Gasteiger partial charge is 0.477 e. The van der Waals surface area contributed by atoms with Crippen molar-refractivity contribution in [1.82, 2.24) is 4.98 Å². The average Bonchev–Trinajstić information content (AvgIpc) is 2.41. The first kappa shape index (κ1) is 12.9. The van der Waals surface area contributed by atoms with Crippen molar-refractivity contribution in [3.63, 3.8) is 0 Å². The maximum absolute atomic E-state index is 11.2. The van der Waals surface area contributed by atoms with Crippen LogP contribution in [0.4, 0.5) is 5.69 Å². The molecule has 0 radical (unpaired) electrons. The number of nitrogens with zero attached hydrogens (tertiary/aromatic N) is 2. The smallest absolute Gasteiger partial charge is 0.354 e. The van der Waals surface area contributed by atoms with Gasteiger partial charge in [0.25, 0.3) is 0 Å². The van der Waals surface area contributed by atoms with Gasteiger partial charge in [0.1, 0.15) is 0 Å². The maximum Gasteiger partial charge on any atom is 0.354 e. The number of rotatable bonds is 4. The Morgan fingerprint density at radius 2 is 2.15 bits per heavy atom. The van der Waals surface area contributed by atoms with Gasteiger partial charge in [0.2, 0.25) is 0 Å². The fourth-order valence-electron chi connectivity index (χ4n) is 2.74. The van der Waals surface area contributed by atoms with Crippen LogP contribution >= 0.6 is 0 Å². The fraction of sp³-hybridized carbons (Fsp3) is 0.375. The van der Waals surface area contributed by atoms with Crippen molar-refractivity contribution < 1.29 is 9.90 Å². The minimum Gasteiger partial charge on any atom is -0.477 e. The summed E-state index contributed by atoms with van der Waals surface area (Å²) in [5.41, 5.74) is 1.81. The minimum atomic E-state index is -0.978. The highest BCUT2D eigenvalue weighted by atomic mass is 16.4. The number of anilines is 1. The van der Waals surface area contributed by atoms with Gasteiger partial charge >= 0.3 is 5.97 Å². The first-order chi connectivity index (χ1) is 9.65. The lowest BCUT2D eigenvalue weighted by molar-refractivity contribution is 0.0691. The molecule has 2 aromatic rings. The van der Waals surface area contributed by atoms with Crippen LogP contribution < -0.4 is 4.90 Å². The molecular weight excluding hydrogens is 252 g/mol. The predicted molar refractivity (Wildman–Crippen MR) is 79.3 cm³/mol. The number of carboxylic acid groups (broad SMARTS) is 1. The Morgan fingerprint density at radius 3 is 2.80 bits per heavy atom. The highest BCUT2D eigenvalue weighted by Crippen LogP contribution is 2.31. The maximum atomic E-state index is 11.2. The summed E-state index contributed by atoms with van der Waals surface area (Å²) in [5, 5.41) is 10.2. The van der Waals surface area contributed by atoms with Crippen LogP contribution in [-0.4, -0.2) is 29.7 Å². The summed E-state index contributed by atoms with van der Waals surface area (Å²) in [5.74, 6) is -0.241. The van der Waals surface area contributed by atoms with Crippen molar-refractivity contribution in [2.24, 2.45) is 5.92 Å². The molecule has 0 saturated heterocycles. The second-order valence-corrected chi connectivity index (χ2v) is 5.53. The molecule has 1 fully saturated rings. The number of hydrogen-bond donors (Lipinski definition) is 1. The van der Waals surface area contributed by atoms with E-state index in [9.17, 15) is 9.90 Å². The van der Waals surface area contributed by atoms with Gasteiger partial charge in [0.15, 0.2) is 5.69 Å². The lowest BCUT2D eigenvalue weighted by atomic mass is 9.85. The van der Waals surface area contributed by atoms with Gasteiger partial charge < -0.3 is 10.0 Å². The molecule has 3 rings (SSSR count). The SMILES string of the molecule is CN(CC1CCC1)c1cc(C(=O)O)nc2ccccc12. The van der Waals surface area contributed by atoms with Gasteiger partial charge in [-0.1, -0.05) is 24.6 Å². The monoisotopic (exact) mass is 270 g/mol. The van der Waals surface area contributed by atoms with E-state index in [1.54, 1.807) is 6.07 Å². The molecule has 0 bridgehead atoms. The number of aromatic carboxylic acids is 1. The topological polar surface area (TPSA) is 53.4 Å². The van der Waals surface area contributed by atoms with Gasteiger partial charge in [-0.05, 0) is 30.9 Å². The van der Waals surface area contributed by atoms with Crippen LogP contribution in [0.3, 0.4) is 0 Å². The first-order valence-electron chi connectivity index (χ1n) is 6.99. The zero-order chi connectivity index (χ0) is 14.1. The second-order valence-electron chi connectivity index (χ2n) is 5.53. The van der Waals surface area contributed by atoms with Crippen LogP contribution in [0.2, 0.25) is 0 Å². The predicted octanol–water partition coefficient (Wildman–Crippen LogP) is 3.17. The minimum absolute atomic E-state index is 0.110. The summed E-state index contributed by atoms with van der Waals surface area (Å²) in [4.78, 5) is 17.6. The van der Waals surface area contributed by atoms with Gasteiger partial charge in [-0.2, -0.15) is 0 Å². The standard InChI is InChI=1S/C16H18N2O2/c1-18(10-11-5-4-6-11)15-9-14(16(19)20)17-13-8-3-2-7-12(13)15/h2-3,7-9,11H,4-6,10H2,1H3,(H,19,20). The molecule has 1 N–H and O–H groups in total. The second kappa shape index (κ2) is 5.12. The van der Waals surface area contributed by atoms with Crippen LogP contribution in [0.15, 0.2) is 30.3 Å². The molecule has 0 unspecified atom stereocenters. The van der Waals surface area contributed by atoms with E-state index in [0.717, 1.165) is 29.1 Å². The van der Waals surface area contributed by atoms with Crippen molar-refractivity contribution in [2.45, 2.75) is 19.3 Å². The molecule has 1 aliphatic carbocycles. The molecule has 1 heterocycles. The molecule has 0 atom stereocenters. The van der Waals surface area contributed by atoms with E-state index in [1.807, 2.05) is 31.3 Å². The lowest BCUT2D eigenvalue weighted by Gasteiger charge is -2.31. The van der Waals surface area contributed by atoms with E-state index < -0.39 is 5.97 Å². The summed E-state index contributed by atoms with van der Waals surface area (Å²) in [6.45, 7) is 0.979. The van der Waals surface area contributed by atoms with Crippen molar-refractivity contribution >= 4 is 22.6 Å². The first-order valence-corrected chi connectivity index (χ1v) is 6.99. The Balaban J connectivity index is 2.04. The number of fused-ring (bicyclic) bond motifs is 1. The van der Waals surface area contributed by atoms with Crippen molar-refractivity contribution in [2.75, 3.05) is 18.5 Å². The van der Waals surface area contributed by atoms with E-state index in [-0.39, 0.29) is 5.69 Å². The number of benzene rings is 1. The lowest BCUT2D eigenvalue weighted by Crippen LogP contribution is -2.29. The highest BCUT2D eigenvalue weighted by Gasteiger charge is 2.21. The van der Waals surface area contributed by atoms with E-state index in [4.69, 9.17) is 0 Å². The van der Waals surface area contributed by atoms with Crippen LogP contribution in [-0.2, 0) is 0 Å². The number of carboxylic acids is 1. The fourth-order valence-corrected chi connectivity index (χ4v) is 2.74. The summed E-state index contributed by atoms with van der Waals surface area (Å²) >= 11 is 0. The number of carbonyl (C=O) groups is 1. The zero-order valence-electron chi connectivity index (χ0n) is 11.5. The molecule has 20 heavy (non-hydrogen) atoms. The zero-order valence-corrected chi connectivity index (χ0v) is 11.5. The summed E-state index contributed by atoms with van der Waals surface area (Å²) in [6, 6.07) is 9.40. The number of para-hydroxylation sites is 1. The van der Waals surface area contributed by atoms with Crippen molar-refractivity contribution in [1.29, 1.82) is 0 Å². The Morgan fingerprint density at radius 1 is 1.40 bits per heavy atom. The number of pyridine rings is 1. The average molecular weight is 270 g/mol. The van der Waals surface area contributed by atoms with Crippen molar-refractivity contribution in [3.05, 3.63) is 36.0 Å². The summed E-state index contributed by atoms with van der Waals surface area (Å²) < 4.78 is 0. The van der Waals surface area contributed by atoms with Gasteiger partial charge in [0, 0.05) is 24.7 Å². The number of aromatic nitrogens is 1. The Labute approximate surface area is 118 Å². The van der Waals surface area contributed by atoms with E-state index in [1.165, 1.54) is 19.3 Å². The van der Waals surface area contributed by atoms with E-state index >= 15 is 0 Å². The molecule has 104 valence electrons. The van der Waals surface area contributed by atoms with E-state index in [2.05, 4.69) is 9.88 Å². The molecule has 0 amide bonds. The van der Waals surface area contributed by atoms with Gasteiger partial charge in [-0.25, -0.2) is 9.78 Å². The molecule has 4 nitrogen and oxygen atoms in total. The summed E-state index contributed by atoms with van der Waals surface area (Å²) in [7, 11) is 2.03. The molecule has 1 saturated carbocycles. The van der Waals surface area contributed by atoms with Crippen LogP contribution in [0.25, 0.3) is 10.9 Å². The van der Waals surface area contributed by atoms with Crippen LogP contribution in [0, 0.1) is 5.92 Å². The molecule has 0 spiro atoms. The highest BCUT2D eigenvalue weighted by molar-refractivity contribution is 5.97. The third-order valence-electron chi connectivity index (χ3n) is 4.08. The molecule has 1 aromatic carbocycles. The van der Waals surface area contributed by atoms with Crippen LogP contribution in [0.1, 0.15) is 29.8 Å². The summed E-state index contributed by atoms with van der Waals surface area (Å²) in [6.07, 6.45) is 3.87. The Kier molecular flexibility index (Phi) is 3.30. The Hall–Kier alpha value is -2.10. The Bertz CT molecular complexity index is 650. The number of hydrogen-bond acceptors (Lipinski definition) is 3. The van der Waals surface area contributed by atoms with Crippen molar-refractivity contribution in [3.8, 4) is 0 Å².